The van der Waals surface area contributed by atoms with Crippen molar-refractivity contribution >= 4 is 36.2 Å². The molecule has 0 atom stereocenters. The zero-order chi connectivity index (χ0) is 22.9. The number of carboxylic acids is 1. The standard InChI is InChI=1S/C27H28N2O3Si/c1-17-22(16-32-26(17)27(30)31)25-20-8-6-18(28-10-4-11-28)14-23(20)33(2,3)24-15-19(7-9-21(24)25)29-12-5-13-29/h6-9,14-16H,4-5,10-13H2,1-3H3/p+1. The Morgan fingerprint density at radius 2 is 1.91 bits per heavy atom. The molecule has 2 saturated heterocycles. The SMILES string of the molecule is Cc1c(C2=C3C=CC(=[N+]4CCC4)C=C3[Si](C)(C)c3cc(N4CCC4)ccc32)coc1C(=O)O. The van der Waals surface area contributed by atoms with Crippen LogP contribution in [0.25, 0.3) is 5.57 Å². The van der Waals surface area contributed by atoms with Gasteiger partial charge >= 0.3 is 5.97 Å². The van der Waals surface area contributed by atoms with E-state index in [1.165, 1.54) is 45.8 Å². The lowest BCUT2D eigenvalue weighted by Gasteiger charge is -2.39. The van der Waals surface area contributed by atoms with E-state index in [0.29, 0.717) is 5.56 Å². The van der Waals surface area contributed by atoms with E-state index < -0.39 is 14.0 Å². The van der Waals surface area contributed by atoms with Gasteiger partial charge in [-0.15, -0.1) is 0 Å². The molecular weight excluding hydrogens is 428 g/mol. The fourth-order valence-electron chi connectivity index (χ4n) is 5.53. The number of allylic oxidation sites excluding steroid dienone is 5. The number of carbonyl (C=O) groups is 1. The second-order valence-electron chi connectivity index (χ2n) is 10.0. The zero-order valence-electron chi connectivity index (χ0n) is 19.4. The summed E-state index contributed by atoms with van der Waals surface area (Å²) in [5.74, 6) is -0.997. The number of carboxylic acid groups (broad SMARTS) is 1. The molecule has 1 aliphatic carbocycles. The quantitative estimate of drug-likeness (QED) is 0.557. The molecule has 2 fully saturated rings. The summed E-state index contributed by atoms with van der Waals surface area (Å²) >= 11 is 0. The van der Waals surface area contributed by atoms with Crippen molar-refractivity contribution in [2.24, 2.45) is 0 Å². The molecule has 4 aliphatic rings. The lowest BCUT2D eigenvalue weighted by molar-refractivity contribution is -0.582. The van der Waals surface area contributed by atoms with Crippen molar-refractivity contribution in [3.8, 4) is 0 Å². The Balaban J connectivity index is 1.62. The number of furan rings is 1. The third-order valence-electron chi connectivity index (χ3n) is 7.84. The van der Waals surface area contributed by atoms with Crippen LogP contribution in [-0.4, -0.2) is 55.6 Å². The van der Waals surface area contributed by atoms with Crippen molar-refractivity contribution in [2.45, 2.75) is 32.9 Å². The minimum Gasteiger partial charge on any atom is -0.475 e. The van der Waals surface area contributed by atoms with Gasteiger partial charge in [0.1, 0.15) is 21.2 Å². The molecule has 6 rings (SSSR count). The second-order valence-corrected chi connectivity index (χ2v) is 14.4. The molecule has 0 spiro atoms. The molecule has 2 aromatic rings. The van der Waals surface area contributed by atoms with E-state index >= 15 is 0 Å². The van der Waals surface area contributed by atoms with E-state index in [9.17, 15) is 9.90 Å². The van der Waals surface area contributed by atoms with Gasteiger partial charge in [-0.2, -0.15) is 0 Å². The largest absolute Gasteiger partial charge is 0.475 e. The van der Waals surface area contributed by atoms with Crippen LogP contribution in [0, 0.1) is 6.92 Å². The van der Waals surface area contributed by atoms with Gasteiger partial charge in [-0.05, 0) is 58.6 Å². The Labute approximate surface area is 195 Å². The number of rotatable bonds is 3. The molecule has 4 heterocycles. The smallest absolute Gasteiger partial charge is 0.372 e. The Hall–Kier alpha value is -3.12. The third kappa shape index (κ3) is 2.96. The molecule has 168 valence electrons. The number of fused-ring (bicyclic) bond motifs is 2. The van der Waals surface area contributed by atoms with Crippen LogP contribution in [0.15, 0.2) is 57.9 Å². The normalized spacial score (nSPS) is 20.7. The topological polar surface area (TPSA) is 56.7 Å². The Morgan fingerprint density at radius 3 is 2.52 bits per heavy atom. The van der Waals surface area contributed by atoms with Gasteiger partial charge < -0.3 is 14.4 Å². The lowest BCUT2D eigenvalue weighted by atomic mass is 9.88. The number of nitrogens with zero attached hydrogens (tertiary/aromatic N) is 2. The predicted molar refractivity (Wildman–Crippen MR) is 134 cm³/mol. The van der Waals surface area contributed by atoms with Crippen LogP contribution in [0.1, 0.15) is 40.1 Å². The molecule has 0 bridgehead atoms. The third-order valence-corrected chi connectivity index (χ3v) is 11.4. The van der Waals surface area contributed by atoms with Crippen LogP contribution in [0.5, 0.6) is 0 Å². The van der Waals surface area contributed by atoms with E-state index in [1.807, 2.05) is 6.92 Å². The Morgan fingerprint density at radius 1 is 1.12 bits per heavy atom. The van der Waals surface area contributed by atoms with Crippen molar-refractivity contribution in [3.05, 3.63) is 75.9 Å². The highest BCUT2D eigenvalue weighted by atomic mass is 28.3. The van der Waals surface area contributed by atoms with Gasteiger partial charge in [0.05, 0.1) is 12.7 Å². The minimum atomic E-state index is -1.99. The van der Waals surface area contributed by atoms with Crippen molar-refractivity contribution in [2.75, 3.05) is 31.1 Å². The molecule has 5 nitrogen and oxygen atoms in total. The van der Waals surface area contributed by atoms with E-state index in [0.717, 1.165) is 37.3 Å². The first-order chi connectivity index (χ1) is 15.9. The molecular formula is C27H29N2O3Si+. The monoisotopic (exact) mass is 457 g/mol. The van der Waals surface area contributed by atoms with E-state index in [1.54, 1.807) is 6.26 Å². The number of hydrogen-bond acceptors (Lipinski definition) is 3. The van der Waals surface area contributed by atoms with Crippen LogP contribution in [0.2, 0.25) is 13.1 Å². The van der Waals surface area contributed by atoms with Gasteiger partial charge in [0.25, 0.3) is 0 Å². The average Bonchev–Trinajstić information content (AvgIpc) is 3.08. The summed E-state index contributed by atoms with van der Waals surface area (Å²) in [6.45, 7) is 11.2. The maximum atomic E-state index is 11.7. The molecule has 1 N–H and O–H groups in total. The van der Waals surface area contributed by atoms with Crippen molar-refractivity contribution in [1.82, 2.24) is 0 Å². The number of hydrogen-bond donors (Lipinski definition) is 1. The molecule has 3 aliphatic heterocycles. The summed E-state index contributed by atoms with van der Waals surface area (Å²) in [4.78, 5) is 14.2. The highest BCUT2D eigenvalue weighted by Crippen LogP contribution is 2.43. The van der Waals surface area contributed by atoms with E-state index in [-0.39, 0.29) is 5.76 Å². The fraction of sp³-hybridized carbons (Fsp3) is 0.333. The van der Waals surface area contributed by atoms with Crippen LogP contribution in [0.3, 0.4) is 0 Å². The summed E-state index contributed by atoms with van der Waals surface area (Å²) in [5.41, 5.74) is 7.73. The van der Waals surface area contributed by atoms with Gasteiger partial charge in [0, 0.05) is 42.1 Å². The highest BCUT2D eigenvalue weighted by molar-refractivity contribution is 6.98. The predicted octanol–water partition coefficient (Wildman–Crippen LogP) is 4.12. The summed E-state index contributed by atoms with van der Waals surface area (Å²) in [6, 6.07) is 6.90. The molecule has 1 aromatic heterocycles. The zero-order valence-corrected chi connectivity index (χ0v) is 20.4. The van der Waals surface area contributed by atoms with Gasteiger partial charge in [-0.25, -0.2) is 9.37 Å². The van der Waals surface area contributed by atoms with Crippen molar-refractivity contribution in [3.63, 3.8) is 0 Å². The van der Waals surface area contributed by atoms with Gasteiger partial charge in [0.2, 0.25) is 5.76 Å². The highest BCUT2D eigenvalue weighted by Gasteiger charge is 2.42. The first kappa shape index (κ1) is 20.5. The summed E-state index contributed by atoms with van der Waals surface area (Å²) < 4.78 is 7.99. The first-order valence-electron chi connectivity index (χ1n) is 11.8. The van der Waals surface area contributed by atoms with Crippen LogP contribution in [0.4, 0.5) is 5.69 Å². The second kappa shape index (κ2) is 7.19. The maximum absolute atomic E-state index is 11.7. The summed E-state index contributed by atoms with van der Waals surface area (Å²) in [7, 11) is -1.99. The maximum Gasteiger partial charge on any atom is 0.372 e. The number of anilines is 1. The van der Waals surface area contributed by atoms with Crippen molar-refractivity contribution < 1.29 is 18.9 Å². The van der Waals surface area contributed by atoms with E-state index in [2.05, 4.69) is 59.0 Å². The van der Waals surface area contributed by atoms with Crippen LogP contribution in [-0.2, 0) is 0 Å². The molecule has 0 saturated carbocycles. The fourth-order valence-corrected chi connectivity index (χ4v) is 8.60. The first-order valence-corrected chi connectivity index (χ1v) is 14.8. The molecule has 0 amide bonds. The molecule has 0 unspecified atom stereocenters. The average molecular weight is 458 g/mol. The lowest BCUT2D eigenvalue weighted by Crippen LogP contribution is -2.50. The molecule has 33 heavy (non-hydrogen) atoms. The van der Waals surface area contributed by atoms with Crippen LogP contribution < -0.4 is 10.1 Å². The minimum absolute atomic E-state index is 0.0251. The molecule has 1 aromatic carbocycles. The number of aromatic carboxylic acids is 1. The Bertz CT molecular complexity index is 1330. The summed E-state index contributed by atoms with van der Waals surface area (Å²) in [6.07, 6.45) is 11.0. The molecule has 0 radical (unpaired) electrons. The number of benzene rings is 1. The van der Waals surface area contributed by atoms with Crippen LogP contribution >= 0.6 is 0 Å². The Kier molecular flexibility index (Phi) is 4.46. The van der Waals surface area contributed by atoms with Crippen molar-refractivity contribution in [1.29, 1.82) is 0 Å². The van der Waals surface area contributed by atoms with Gasteiger partial charge in [-0.3, -0.25) is 0 Å². The van der Waals surface area contributed by atoms with E-state index in [4.69, 9.17) is 4.42 Å². The van der Waals surface area contributed by atoms with Gasteiger partial charge in [-0.1, -0.05) is 19.2 Å². The molecule has 6 heteroatoms. The van der Waals surface area contributed by atoms with Gasteiger partial charge in [0.15, 0.2) is 5.71 Å². The summed E-state index contributed by atoms with van der Waals surface area (Å²) in [5, 5.41) is 12.5.